The Morgan fingerprint density at radius 1 is 1.04 bits per heavy atom. The Kier molecular flexibility index (Phi) is 5.93. The number of halogens is 3. The zero-order valence-corrected chi connectivity index (χ0v) is 16.2. The molecule has 134 valence electrons. The number of nitrogens with two attached hydrogens (primary N) is 1. The van der Waals surface area contributed by atoms with Crippen molar-refractivity contribution in [2.45, 2.75) is 10.9 Å². The van der Waals surface area contributed by atoms with Crippen molar-refractivity contribution in [3.05, 3.63) is 73.4 Å². The number of nitrogens with zero attached hydrogens (tertiary/aromatic N) is 3. The van der Waals surface area contributed by atoms with Gasteiger partial charge in [-0.25, -0.2) is 0 Å². The number of nitrogens with one attached hydrogen (secondary N) is 1. The van der Waals surface area contributed by atoms with E-state index in [1.807, 2.05) is 12.1 Å². The molecule has 3 N–H and O–H groups in total. The van der Waals surface area contributed by atoms with Gasteiger partial charge in [0, 0.05) is 16.5 Å². The molecule has 0 spiro atoms. The molecule has 3 rings (SSSR count). The lowest BCUT2D eigenvalue weighted by Gasteiger charge is -2.09. The highest BCUT2D eigenvalue weighted by Gasteiger charge is 2.12. The number of rotatable bonds is 5. The Morgan fingerprint density at radius 3 is 2.46 bits per heavy atom. The van der Waals surface area contributed by atoms with Crippen LogP contribution in [0, 0.1) is 0 Å². The van der Waals surface area contributed by atoms with Crippen LogP contribution in [-0.4, -0.2) is 14.9 Å². The van der Waals surface area contributed by atoms with Crippen LogP contribution in [0.3, 0.4) is 0 Å². The first-order chi connectivity index (χ1) is 12.4. The largest absolute Gasteiger partial charge is 0.334 e. The standard InChI is InChI=1S/C16H12Cl3N5OS/c17-10-3-1-9(2-4-10)8-26-16-23-22-14(15(25)24(16)20)21-11-5-6-12(18)13(19)7-11/h1-7H,8,20H2,(H,21,22). The summed E-state index contributed by atoms with van der Waals surface area (Å²) in [4.78, 5) is 12.4. The Balaban J connectivity index is 1.76. The van der Waals surface area contributed by atoms with E-state index >= 15 is 0 Å². The van der Waals surface area contributed by atoms with Crippen molar-refractivity contribution < 1.29 is 0 Å². The molecular formula is C16H12Cl3N5OS. The molecule has 0 saturated heterocycles. The second-order valence-electron chi connectivity index (χ2n) is 5.18. The van der Waals surface area contributed by atoms with Gasteiger partial charge in [-0.15, -0.1) is 10.2 Å². The Morgan fingerprint density at radius 2 is 1.77 bits per heavy atom. The van der Waals surface area contributed by atoms with Gasteiger partial charge in [0.2, 0.25) is 11.0 Å². The maximum atomic E-state index is 12.4. The Bertz CT molecular complexity index is 994. The van der Waals surface area contributed by atoms with E-state index in [0.717, 1.165) is 10.2 Å². The molecule has 3 aromatic rings. The van der Waals surface area contributed by atoms with Crippen LogP contribution in [0.25, 0.3) is 0 Å². The third kappa shape index (κ3) is 4.42. The molecule has 2 aromatic carbocycles. The molecule has 0 aliphatic carbocycles. The average molecular weight is 429 g/mol. The van der Waals surface area contributed by atoms with Crippen LogP contribution >= 0.6 is 46.6 Å². The molecule has 1 heterocycles. The minimum atomic E-state index is -0.510. The topological polar surface area (TPSA) is 85.8 Å². The maximum Gasteiger partial charge on any atom is 0.315 e. The predicted octanol–water partition coefficient (Wildman–Crippen LogP) is 4.35. The van der Waals surface area contributed by atoms with Crippen molar-refractivity contribution in [3.63, 3.8) is 0 Å². The number of benzene rings is 2. The van der Waals surface area contributed by atoms with Crippen LogP contribution in [0.1, 0.15) is 5.56 Å². The first-order valence-electron chi connectivity index (χ1n) is 7.28. The van der Waals surface area contributed by atoms with E-state index in [0.29, 0.717) is 31.7 Å². The average Bonchev–Trinajstić information content (AvgIpc) is 2.63. The van der Waals surface area contributed by atoms with E-state index in [1.54, 1.807) is 30.3 Å². The lowest BCUT2D eigenvalue weighted by molar-refractivity contribution is 0.705. The van der Waals surface area contributed by atoms with Crippen LogP contribution in [0.4, 0.5) is 11.5 Å². The number of aromatic nitrogens is 3. The van der Waals surface area contributed by atoms with Crippen LogP contribution in [0.2, 0.25) is 15.1 Å². The molecule has 6 nitrogen and oxygen atoms in total. The van der Waals surface area contributed by atoms with Gasteiger partial charge in [0.15, 0.2) is 0 Å². The second kappa shape index (κ2) is 8.18. The summed E-state index contributed by atoms with van der Waals surface area (Å²) in [5.41, 5.74) is 1.06. The molecule has 0 fully saturated rings. The maximum absolute atomic E-state index is 12.4. The molecule has 0 bridgehead atoms. The number of hydrogen-bond donors (Lipinski definition) is 2. The van der Waals surface area contributed by atoms with Gasteiger partial charge in [-0.05, 0) is 35.9 Å². The van der Waals surface area contributed by atoms with E-state index in [-0.39, 0.29) is 5.82 Å². The zero-order chi connectivity index (χ0) is 18.7. The number of nitrogen functional groups attached to an aromatic ring is 1. The van der Waals surface area contributed by atoms with E-state index in [2.05, 4.69) is 15.5 Å². The lowest BCUT2D eigenvalue weighted by Crippen LogP contribution is -2.32. The summed E-state index contributed by atoms with van der Waals surface area (Å²) < 4.78 is 0.952. The normalized spacial score (nSPS) is 10.7. The lowest BCUT2D eigenvalue weighted by atomic mass is 10.2. The van der Waals surface area contributed by atoms with Gasteiger partial charge >= 0.3 is 5.56 Å². The number of thioether (sulfide) groups is 1. The molecule has 0 unspecified atom stereocenters. The van der Waals surface area contributed by atoms with Crippen molar-refractivity contribution in [2.24, 2.45) is 0 Å². The van der Waals surface area contributed by atoms with E-state index in [1.165, 1.54) is 11.8 Å². The third-order valence-corrected chi connectivity index (χ3v) is 5.33. The molecule has 1 aromatic heterocycles. The Hall–Kier alpha value is -1.93. The van der Waals surface area contributed by atoms with Gasteiger partial charge in [-0.2, -0.15) is 4.68 Å². The van der Waals surface area contributed by atoms with Gasteiger partial charge in [-0.1, -0.05) is 58.7 Å². The molecular weight excluding hydrogens is 417 g/mol. The monoisotopic (exact) mass is 427 g/mol. The van der Waals surface area contributed by atoms with Gasteiger partial charge in [-0.3, -0.25) is 4.79 Å². The van der Waals surface area contributed by atoms with Crippen molar-refractivity contribution in [1.29, 1.82) is 0 Å². The molecule has 0 atom stereocenters. The molecule has 0 aliphatic heterocycles. The van der Waals surface area contributed by atoms with Gasteiger partial charge in [0.05, 0.1) is 10.0 Å². The van der Waals surface area contributed by atoms with Crippen molar-refractivity contribution >= 4 is 58.1 Å². The molecule has 0 radical (unpaired) electrons. The van der Waals surface area contributed by atoms with E-state index in [4.69, 9.17) is 40.6 Å². The van der Waals surface area contributed by atoms with Gasteiger partial charge < -0.3 is 11.2 Å². The molecule has 10 heteroatoms. The van der Waals surface area contributed by atoms with Crippen molar-refractivity contribution in [2.75, 3.05) is 11.2 Å². The molecule has 26 heavy (non-hydrogen) atoms. The minimum Gasteiger partial charge on any atom is -0.334 e. The summed E-state index contributed by atoms with van der Waals surface area (Å²) in [6, 6.07) is 12.2. The molecule has 0 saturated carbocycles. The highest BCUT2D eigenvalue weighted by Crippen LogP contribution is 2.26. The third-order valence-electron chi connectivity index (χ3n) is 3.33. The summed E-state index contributed by atoms with van der Waals surface area (Å²) in [5.74, 6) is 6.41. The molecule has 0 aliphatic rings. The van der Waals surface area contributed by atoms with Crippen molar-refractivity contribution in [1.82, 2.24) is 14.9 Å². The predicted molar refractivity (Wildman–Crippen MR) is 107 cm³/mol. The summed E-state index contributed by atoms with van der Waals surface area (Å²) in [5, 5.41) is 12.5. The fourth-order valence-electron chi connectivity index (χ4n) is 2.00. The van der Waals surface area contributed by atoms with Gasteiger partial charge in [0.25, 0.3) is 0 Å². The van der Waals surface area contributed by atoms with E-state index < -0.39 is 5.56 Å². The quantitative estimate of drug-likeness (QED) is 0.464. The zero-order valence-electron chi connectivity index (χ0n) is 13.1. The van der Waals surface area contributed by atoms with Crippen molar-refractivity contribution in [3.8, 4) is 0 Å². The summed E-state index contributed by atoms with van der Waals surface area (Å²) in [7, 11) is 0. The number of anilines is 2. The summed E-state index contributed by atoms with van der Waals surface area (Å²) >= 11 is 19.0. The highest BCUT2D eigenvalue weighted by atomic mass is 35.5. The van der Waals surface area contributed by atoms with E-state index in [9.17, 15) is 4.79 Å². The van der Waals surface area contributed by atoms with Crippen LogP contribution in [-0.2, 0) is 5.75 Å². The Labute approximate surface area is 168 Å². The van der Waals surface area contributed by atoms with Crippen LogP contribution < -0.4 is 16.7 Å². The fraction of sp³-hybridized carbons (Fsp3) is 0.0625. The summed E-state index contributed by atoms with van der Waals surface area (Å²) in [6.45, 7) is 0. The van der Waals surface area contributed by atoms with Crippen LogP contribution in [0.5, 0.6) is 0 Å². The number of hydrogen-bond acceptors (Lipinski definition) is 6. The van der Waals surface area contributed by atoms with Crippen LogP contribution in [0.15, 0.2) is 52.4 Å². The molecule has 0 amide bonds. The first-order valence-corrected chi connectivity index (χ1v) is 9.40. The second-order valence-corrected chi connectivity index (χ2v) is 7.37. The van der Waals surface area contributed by atoms with Gasteiger partial charge in [0.1, 0.15) is 0 Å². The minimum absolute atomic E-state index is 0.0123. The first kappa shape index (κ1) is 18.8. The SMILES string of the molecule is Nn1c(SCc2ccc(Cl)cc2)nnc(Nc2ccc(Cl)c(Cl)c2)c1=O. The highest BCUT2D eigenvalue weighted by molar-refractivity contribution is 7.98. The smallest absolute Gasteiger partial charge is 0.315 e. The summed E-state index contributed by atoms with van der Waals surface area (Å²) in [6.07, 6.45) is 0. The fourth-order valence-corrected chi connectivity index (χ4v) is 3.23.